The normalized spacial score (nSPS) is 23.1. The number of likely N-dealkylation sites (tertiary alicyclic amines) is 1. The Morgan fingerprint density at radius 2 is 1.83 bits per heavy atom. The van der Waals surface area contributed by atoms with Crippen LogP contribution in [0.25, 0.3) is 0 Å². The zero-order valence-corrected chi connectivity index (χ0v) is 16.2. The number of rotatable bonds is 5. The van der Waals surface area contributed by atoms with E-state index in [2.05, 4.69) is 0 Å². The summed E-state index contributed by atoms with van der Waals surface area (Å²) in [5.74, 6) is 1.70. The van der Waals surface area contributed by atoms with Gasteiger partial charge in [0.05, 0.1) is 12.2 Å². The number of amides is 2. The zero-order chi connectivity index (χ0) is 19.8. The van der Waals surface area contributed by atoms with Crippen LogP contribution < -0.4 is 14.4 Å². The molecule has 0 aromatic heterocycles. The number of nitrogens with zero attached hydrogens (tertiary/aromatic N) is 2. The lowest BCUT2D eigenvalue weighted by molar-refractivity contribution is -0.139. The van der Waals surface area contributed by atoms with E-state index in [0.717, 1.165) is 24.3 Å². The van der Waals surface area contributed by atoms with Gasteiger partial charge in [-0.05, 0) is 43.0 Å². The van der Waals surface area contributed by atoms with Crippen molar-refractivity contribution in [1.29, 1.82) is 0 Å². The zero-order valence-electron chi connectivity index (χ0n) is 16.2. The van der Waals surface area contributed by atoms with E-state index in [1.54, 1.807) is 4.90 Å². The quantitative estimate of drug-likeness (QED) is 0.785. The number of ether oxygens (including phenoxy) is 2. The average molecular weight is 392 g/mol. The SMILES string of the molecule is O=C1[C@@H]2C[C@@H](CN2C(=O)COc2ccccc2)Oc2ccccc2N1CC1CC1. The molecule has 2 fully saturated rings. The van der Waals surface area contributed by atoms with Crippen LogP contribution in [0.5, 0.6) is 11.5 Å². The molecule has 5 rings (SSSR count). The van der Waals surface area contributed by atoms with Crippen molar-refractivity contribution < 1.29 is 19.1 Å². The highest BCUT2D eigenvalue weighted by atomic mass is 16.5. The van der Waals surface area contributed by atoms with Crippen LogP contribution in [-0.2, 0) is 9.59 Å². The number of para-hydroxylation sites is 3. The van der Waals surface area contributed by atoms with Crippen molar-refractivity contribution in [3.8, 4) is 11.5 Å². The van der Waals surface area contributed by atoms with E-state index in [0.29, 0.717) is 31.2 Å². The van der Waals surface area contributed by atoms with Crippen molar-refractivity contribution in [3.63, 3.8) is 0 Å². The molecule has 0 radical (unpaired) electrons. The first-order valence-electron chi connectivity index (χ1n) is 10.2. The maximum Gasteiger partial charge on any atom is 0.261 e. The maximum atomic E-state index is 13.5. The Morgan fingerprint density at radius 1 is 1.07 bits per heavy atom. The molecule has 2 amide bonds. The second-order valence-electron chi connectivity index (χ2n) is 8.00. The highest BCUT2D eigenvalue weighted by Gasteiger charge is 2.45. The lowest BCUT2D eigenvalue weighted by Gasteiger charge is -2.31. The third-order valence-corrected chi connectivity index (χ3v) is 5.83. The van der Waals surface area contributed by atoms with E-state index in [-0.39, 0.29) is 24.5 Å². The second-order valence-corrected chi connectivity index (χ2v) is 8.00. The summed E-state index contributed by atoms with van der Waals surface area (Å²) in [6.07, 6.45) is 2.63. The van der Waals surface area contributed by atoms with Gasteiger partial charge in [-0.2, -0.15) is 0 Å². The summed E-state index contributed by atoms with van der Waals surface area (Å²) in [4.78, 5) is 29.9. The molecule has 0 spiro atoms. The molecular formula is C23H24N2O4. The van der Waals surface area contributed by atoms with E-state index in [1.807, 2.05) is 59.5 Å². The number of hydrogen-bond donors (Lipinski definition) is 0. The van der Waals surface area contributed by atoms with E-state index in [4.69, 9.17) is 9.47 Å². The van der Waals surface area contributed by atoms with E-state index in [1.165, 1.54) is 0 Å². The lowest BCUT2D eigenvalue weighted by Crippen LogP contribution is -2.49. The van der Waals surface area contributed by atoms with Gasteiger partial charge in [0, 0.05) is 13.0 Å². The molecule has 1 aliphatic carbocycles. The van der Waals surface area contributed by atoms with Gasteiger partial charge in [-0.25, -0.2) is 0 Å². The highest BCUT2D eigenvalue weighted by molar-refractivity contribution is 6.01. The second kappa shape index (κ2) is 7.43. The van der Waals surface area contributed by atoms with Crippen LogP contribution in [0.15, 0.2) is 54.6 Å². The Morgan fingerprint density at radius 3 is 2.62 bits per heavy atom. The first kappa shape index (κ1) is 18.0. The number of benzene rings is 2. The van der Waals surface area contributed by atoms with Gasteiger partial charge in [0.1, 0.15) is 23.6 Å². The molecule has 2 atom stereocenters. The van der Waals surface area contributed by atoms with E-state index in [9.17, 15) is 9.59 Å². The Labute approximate surface area is 170 Å². The van der Waals surface area contributed by atoms with Gasteiger partial charge in [-0.1, -0.05) is 30.3 Å². The van der Waals surface area contributed by atoms with Crippen LogP contribution in [0.1, 0.15) is 19.3 Å². The molecule has 6 heteroatoms. The van der Waals surface area contributed by atoms with Gasteiger partial charge in [0.25, 0.3) is 5.91 Å². The minimum atomic E-state index is -0.501. The molecule has 2 aromatic carbocycles. The number of anilines is 1. The summed E-state index contributed by atoms with van der Waals surface area (Å²) in [5, 5.41) is 0. The third-order valence-electron chi connectivity index (χ3n) is 5.83. The predicted molar refractivity (Wildman–Crippen MR) is 108 cm³/mol. The summed E-state index contributed by atoms with van der Waals surface area (Å²) in [7, 11) is 0. The molecule has 29 heavy (non-hydrogen) atoms. The van der Waals surface area contributed by atoms with E-state index >= 15 is 0 Å². The van der Waals surface area contributed by atoms with Crippen molar-refractivity contribution in [2.45, 2.75) is 31.4 Å². The topological polar surface area (TPSA) is 59.1 Å². The summed E-state index contributed by atoms with van der Waals surface area (Å²) >= 11 is 0. The molecule has 0 unspecified atom stereocenters. The minimum absolute atomic E-state index is 0.0109. The van der Waals surface area contributed by atoms with Crippen LogP contribution in [0.3, 0.4) is 0 Å². The summed E-state index contributed by atoms with van der Waals surface area (Å²) in [6.45, 7) is 0.998. The van der Waals surface area contributed by atoms with Gasteiger partial charge >= 0.3 is 0 Å². The van der Waals surface area contributed by atoms with Gasteiger partial charge < -0.3 is 19.3 Å². The monoisotopic (exact) mass is 392 g/mol. The number of carbonyl (C=O) groups excluding carboxylic acids is 2. The van der Waals surface area contributed by atoms with E-state index < -0.39 is 6.04 Å². The molecule has 0 N–H and O–H groups in total. The average Bonchev–Trinajstić information content (AvgIpc) is 3.47. The molecule has 6 nitrogen and oxygen atoms in total. The third kappa shape index (κ3) is 3.67. The molecule has 150 valence electrons. The predicted octanol–water partition coefficient (Wildman–Crippen LogP) is 2.87. The molecule has 1 saturated carbocycles. The maximum absolute atomic E-state index is 13.5. The van der Waals surface area contributed by atoms with Gasteiger partial charge in [-0.3, -0.25) is 9.59 Å². The summed E-state index contributed by atoms with van der Waals surface area (Å²) in [5.41, 5.74) is 0.814. The minimum Gasteiger partial charge on any atom is -0.486 e. The molecule has 3 aliphatic rings. The number of carbonyl (C=O) groups is 2. The first-order valence-corrected chi connectivity index (χ1v) is 10.2. The number of hydrogen-bond acceptors (Lipinski definition) is 4. The smallest absolute Gasteiger partial charge is 0.261 e. The molecule has 2 aromatic rings. The molecule has 2 heterocycles. The van der Waals surface area contributed by atoms with Crippen molar-refractivity contribution in [3.05, 3.63) is 54.6 Å². The largest absolute Gasteiger partial charge is 0.486 e. The van der Waals surface area contributed by atoms with Crippen molar-refractivity contribution >= 4 is 17.5 Å². The Bertz CT molecular complexity index is 912. The number of fused-ring (bicyclic) bond motifs is 3. The molecule has 1 saturated heterocycles. The molecular weight excluding hydrogens is 368 g/mol. The van der Waals surface area contributed by atoms with Gasteiger partial charge in [0.15, 0.2) is 6.61 Å². The van der Waals surface area contributed by atoms with Crippen molar-refractivity contribution in [2.75, 3.05) is 24.6 Å². The van der Waals surface area contributed by atoms with Crippen LogP contribution in [0.2, 0.25) is 0 Å². The van der Waals surface area contributed by atoms with Gasteiger partial charge in [-0.15, -0.1) is 0 Å². The van der Waals surface area contributed by atoms with Crippen LogP contribution in [-0.4, -0.2) is 48.6 Å². The fourth-order valence-electron chi connectivity index (χ4n) is 4.14. The van der Waals surface area contributed by atoms with Crippen LogP contribution >= 0.6 is 0 Å². The summed E-state index contributed by atoms with van der Waals surface area (Å²) < 4.78 is 11.9. The molecule has 2 bridgehead atoms. The Hall–Kier alpha value is -3.02. The first-order chi connectivity index (χ1) is 14.2. The Balaban J connectivity index is 1.37. The lowest BCUT2D eigenvalue weighted by atomic mass is 10.1. The van der Waals surface area contributed by atoms with Gasteiger partial charge in [0.2, 0.25) is 5.91 Å². The molecule has 2 aliphatic heterocycles. The van der Waals surface area contributed by atoms with Crippen LogP contribution in [0.4, 0.5) is 5.69 Å². The highest BCUT2D eigenvalue weighted by Crippen LogP contribution is 2.39. The summed E-state index contributed by atoms with van der Waals surface area (Å²) in [6, 6.07) is 16.4. The van der Waals surface area contributed by atoms with Crippen LogP contribution in [0, 0.1) is 5.92 Å². The van der Waals surface area contributed by atoms with Crippen molar-refractivity contribution in [2.24, 2.45) is 5.92 Å². The Kier molecular flexibility index (Phi) is 4.62. The standard InChI is InChI=1S/C23H24N2O4/c26-22(15-28-17-6-2-1-3-7-17)24-14-18-12-20(24)23(27)25(13-16-10-11-16)19-8-4-5-9-21(19)29-18/h1-9,16,18,20H,10-15H2/t18-,20-/m0/s1. The van der Waals surface area contributed by atoms with Crippen molar-refractivity contribution in [1.82, 2.24) is 4.90 Å². The fourth-order valence-corrected chi connectivity index (χ4v) is 4.14. The fraction of sp³-hybridized carbons (Fsp3) is 0.391.